The Morgan fingerprint density at radius 1 is 1.27 bits per heavy atom. The van der Waals surface area contributed by atoms with Crippen LogP contribution in [0.25, 0.3) is 0 Å². The van der Waals surface area contributed by atoms with Crippen LogP contribution in [0.15, 0.2) is 4.99 Å². The lowest BCUT2D eigenvalue weighted by Crippen LogP contribution is -2.41. The van der Waals surface area contributed by atoms with Crippen LogP contribution in [0.3, 0.4) is 0 Å². The molecular formula is C17H33N3O2. The predicted octanol–water partition coefficient (Wildman–Crippen LogP) is 2.32. The average Bonchev–Trinajstić information content (AvgIpc) is 2.99. The van der Waals surface area contributed by atoms with Gasteiger partial charge in [0.2, 0.25) is 0 Å². The number of nitrogens with one attached hydrogen (secondary N) is 2. The lowest BCUT2D eigenvalue weighted by Gasteiger charge is -2.40. The Morgan fingerprint density at radius 3 is 2.73 bits per heavy atom. The number of hydrogen-bond donors (Lipinski definition) is 2. The van der Waals surface area contributed by atoms with Crippen LogP contribution in [0.1, 0.15) is 52.4 Å². The van der Waals surface area contributed by atoms with Crippen LogP contribution in [0.5, 0.6) is 0 Å². The summed E-state index contributed by atoms with van der Waals surface area (Å²) in [5.74, 6) is 0.919. The summed E-state index contributed by atoms with van der Waals surface area (Å²) in [4.78, 5) is 4.77. The van der Waals surface area contributed by atoms with E-state index in [1.54, 1.807) is 0 Å². The first-order valence-corrected chi connectivity index (χ1v) is 8.99. The zero-order valence-corrected chi connectivity index (χ0v) is 14.3. The van der Waals surface area contributed by atoms with E-state index in [2.05, 4.69) is 24.5 Å². The molecule has 0 spiro atoms. The smallest absolute Gasteiger partial charge is 0.191 e. The van der Waals surface area contributed by atoms with Gasteiger partial charge in [0.1, 0.15) is 0 Å². The molecule has 0 bridgehead atoms. The van der Waals surface area contributed by atoms with Gasteiger partial charge in [-0.2, -0.15) is 0 Å². The van der Waals surface area contributed by atoms with Crippen LogP contribution in [-0.4, -0.2) is 51.5 Å². The number of nitrogens with zero attached hydrogens (tertiary/aromatic N) is 1. The third kappa shape index (κ3) is 5.43. The van der Waals surface area contributed by atoms with Crippen molar-refractivity contribution in [2.24, 2.45) is 10.4 Å². The molecule has 1 aliphatic heterocycles. The highest BCUT2D eigenvalue weighted by molar-refractivity contribution is 5.79. The highest BCUT2D eigenvalue weighted by Gasteiger charge is 2.34. The van der Waals surface area contributed by atoms with Gasteiger partial charge in [-0.3, -0.25) is 4.99 Å². The summed E-state index contributed by atoms with van der Waals surface area (Å²) in [7, 11) is 0. The van der Waals surface area contributed by atoms with E-state index in [-0.39, 0.29) is 0 Å². The van der Waals surface area contributed by atoms with E-state index in [9.17, 15) is 0 Å². The molecule has 22 heavy (non-hydrogen) atoms. The zero-order chi connectivity index (χ0) is 15.7. The second-order valence-electron chi connectivity index (χ2n) is 6.54. The summed E-state index contributed by atoms with van der Waals surface area (Å²) in [6.45, 7) is 9.31. The Labute approximate surface area is 135 Å². The zero-order valence-electron chi connectivity index (χ0n) is 14.3. The summed E-state index contributed by atoms with van der Waals surface area (Å²) in [6.07, 6.45) is 7.88. The van der Waals surface area contributed by atoms with Crippen LogP contribution in [0.2, 0.25) is 0 Å². The first-order chi connectivity index (χ1) is 10.8. The van der Waals surface area contributed by atoms with Gasteiger partial charge >= 0.3 is 0 Å². The van der Waals surface area contributed by atoms with Gasteiger partial charge in [0, 0.05) is 26.2 Å². The van der Waals surface area contributed by atoms with E-state index in [0.717, 1.165) is 38.6 Å². The molecular weight excluding hydrogens is 278 g/mol. The summed E-state index contributed by atoms with van der Waals surface area (Å²) >= 11 is 0. The van der Waals surface area contributed by atoms with Crippen LogP contribution in [0, 0.1) is 5.41 Å². The van der Waals surface area contributed by atoms with Crippen molar-refractivity contribution < 1.29 is 9.47 Å². The van der Waals surface area contributed by atoms with E-state index < -0.39 is 0 Å². The maximum absolute atomic E-state index is 5.67. The molecule has 2 rings (SSSR count). The molecule has 0 aromatic rings. The Morgan fingerprint density at radius 2 is 2.14 bits per heavy atom. The minimum atomic E-state index is 0.310. The summed E-state index contributed by atoms with van der Waals surface area (Å²) in [6, 6.07) is 0. The van der Waals surface area contributed by atoms with Gasteiger partial charge in [-0.05, 0) is 44.4 Å². The molecule has 128 valence electrons. The van der Waals surface area contributed by atoms with Gasteiger partial charge < -0.3 is 20.1 Å². The molecule has 1 aliphatic carbocycles. The lowest BCUT2D eigenvalue weighted by molar-refractivity contribution is 0.0191. The maximum atomic E-state index is 5.67. The Kier molecular flexibility index (Phi) is 7.46. The molecule has 2 fully saturated rings. The summed E-state index contributed by atoms with van der Waals surface area (Å²) in [5, 5.41) is 6.68. The standard InChI is InChI=1S/C17H33N3O2/c1-3-17(8-6-9-17)14-20-16(18-4-2)19-10-12-21-13-15-7-5-11-22-15/h15H,3-14H2,1-2H3,(H2,18,19,20). The van der Waals surface area contributed by atoms with Crippen molar-refractivity contribution in [3.8, 4) is 0 Å². The average molecular weight is 311 g/mol. The normalized spacial score (nSPS) is 24.1. The van der Waals surface area contributed by atoms with Gasteiger partial charge in [0.25, 0.3) is 0 Å². The van der Waals surface area contributed by atoms with E-state index in [0.29, 0.717) is 24.7 Å². The number of aliphatic imine (C=N–C) groups is 1. The lowest BCUT2D eigenvalue weighted by atomic mass is 9.67. The van der Waals surface area contributed by atoms with Crippen LogP contribution in [0.4, 0.5) is 0 Å². The SMILES string of the molecule is CCNC(=NCC1(CC)CCC1)NCCOCC1CCCO1. The summed E-state index contributed by atoms with van der Waals surface area (Å²) < 4.78 is 11.2. The van der Waals surface area contributed by atoms with Crippen molar-refractivity contribution in [1.29, 1.82) is 0 Å². The molecule has 5 heteroatoms. The quantitative estimate of drug-likeness (QED) is 0.390. The van der Waals surface area contributed by atoms with E-state index >= 15 is 0 Å². The van der Waals surface area contributed by atoms with E-state index in [1.165, 1.54) is 32.1 Å². The molecule has 1 saturated carbocycles. The van der Waals surface area contributed by atoms with Crippen molar-refractivity contribution in [2.75, 3.05) is 39.5 Å². The van der Waals surface area contributed by atoms with Gasteiger partial charge in [0.15, 0.2) is 5.96 Å². The fourth-order valence-corrected chi connectivity index (χ4v) is 3.12. The van der Waals surface area contributed by atoms with E-state index in [1.807, 2.05) is 0 Å². The monoisotopic (exact) mass is 311 g/mol. The second-order valence-corrected chi connectivity index (χ2v) is 6.54. The van der Waals surface area contributed by atoms with Crippen molar-refractivity contribution in [3.63, 3.8) is 0 Å². The number of ether oxygens (including phenoxy) is 2. The first-order valence-electron chi connectivity index (χ1n) is 8.99. The molecule has 1 heterocycles. The molecule has 5 nitrogen and oxygen atoms in total. The van der Waals surface area contributed by atoms with Crippen molar-refractivity contribution in [2.45, 2.75) is 58.5 Å². The Bertz CT molecular complexity index is 331. The van der Waals surface area contributed by atoms with Gasteiger partial charge in [-0.1, -0.05) is 13.3 Å². The van der Waals surface area contributed by atoms with Crippen molar-refractivity contribution in [1.82, 2.24) is 10.6 Å². The highest BCUT2D eigenvalue weighted by atomic mass is 16.5. The molecule has 1 saturated heterocycles. The fourth-order valence-electron chi connectivity index (χ4n) is 3.12. The molecule has 0 amide bonds. The topological polar surface area (TPSA) is 54.9 Å². The minimum absolute atomic E-state index is 0.310. The van der Waals surface area contributed by atoms with E-state index in [4.69, 9.17) is 14.5 Å². The third-order valence-corrected chi connectivity index (χ3v) is 4.95. The molecule has 0 aromatic carbocycles. The predicted molar refractivity (Wildman–Crippen MR) is 90.3 cm³/mol. The third-order valence-electron chi connectivity index (χ3n) is 4.95. The maximum Gasteiger partial charge on any atom is 0.191 e. The first kappa shape index (κ1) is 17.5. The van der Waals surface area contributed by atoms with Crippen LogP contribution in [-0.2, 0) is 9.47 Å². The van der Waals surface area contributed by atoms with Crippen LogP contribution >= 0.6 is 0 Å². The van der Waals surface area contributed by atoms with Gasteiger partial charge in [-0.25, -0.2) is 0 Å². The molecule has 1 atom stereocenters. The molecule has 1 unspecified atom stereocenters. The van der Waals surface area contributed by atoms with Crippen molar-refractivity contribution >= 4 is 5.96 Å². The molecule has 0 aromatic heterocycles. The largest absolute Gasteiger partial charge is 0.377 e. The van der Waals surface area contributed by atoms with Crippen LogP contribution < -0.4 is 10.6 Å². The fraction of sp³-hybridized carbons (Fsp3) is 0.941. The molecule has 2 N–H and O–H groups in total. The number of guanidine groups is 1. The summed E-state index contributed by atoms with van der Waals surface area (Å²) in [5.41, 5.74) is 0.471. The minimum Gasteiger partial charge on any atom is -0.377 e. The second kappa shape index (κ2) is 9.36. The Hall–Kier alpha value is -0.810. The Balaban J connectivity index is 1.62. The number of hydrogen-bond acceptors (Lipinski definition) is 3. The molecule has 2 aliphatic rings. The van der Waals surface area contributed by atoms with Gasteiger partial charge in [-0.15, -0.1) is 0 Å². The number of rotatable bonds is 9. The highest BCUT2D eigenvalue weighted by Crippen LogP contribution is 2.43. The molecule has 0 radical (unpaired) electrons. The van der Waals surface area contributed by atoms with Crippen molar-refractivity contribution in [3.05, 3.63) is 0 Å². The van der Waals surface area contributed by atoms with Gasteiger partial charge in [0.05, 0.1) is 19.3 Å².